The number of nitrogens with zero attached hydrogens (tertiary/aromatic N) is 1. The normalized spacial score (nSPS) is 13.0. The third-order valence-electron chi connectivity index (χ3n) is 4.57. The van der Waals surface area contributed by atoms with Gasteiger partial charge in [-0.05, 0) is 52.8 Å². The second-order valence-electron chi connectivity index (χ2n) is 8.35. The first-order valence-electron chi connectivity index (χ1n) is 9.24. The molecular formula is C24H29N. The van der Waals surface area contributed by atoms with Gasteiger partial charge < -0.3 is 4.90 Å². The van der Waals surface area contributed by atoms with Crippen molar-refractivity contribution in [3.8, 4) is 0 Å². The smallest absolute Gasteiger partial charge is 0.0417 e. The summed E-state index contributed by atoms with van der Waals surface area (Å²) in [5, 5.41) is 2.59. The Balaban J connectivity index is 1.95. The summed E-state index contributed by atoms with van der Waals surface area (Å²) in [6.45, 7) is 10.4. The summed E-state index contributed by atoms with van der Waals surface area (Å²) in [5.41, 5.74) is 2.88. The van der Waals surface area contributed by atoms with Crippen LogP contribution in [0.4, 0.5) is 11.4 Å². The SMILES string of the molecule is CC(CN(c1ccccc1)c1ccc2ccccc2c1)CC(C)(C)C. The third kappa shape index (κ3) is 4.63. The minimum Gasteiger partial charge on any atom is -0.341 e. The fourth-order valence-corrected chi connectivity index (χ4v) is 3.73. The molecular weight excluding hydrogens is 302 g/mol. The third-order valence-corrected chi connectivity index (χ3v) is 4.57. The van der Waals surface area contributed by atoms with Gasteiger partial charge in [-0.15, -0.1) is 0 Å². The Hall–Kier alpha value is -2.28. The van der Waals surface area contributed by atoms with Gasteiger partial charge in [0.15, 0.2) is 0 Å². The summed E-state index contributed by atoms with van der Waals surface area (Å²) in [7, 11) is 0. The zero-order valence-electron chi connectivity index (χ0n) is 15.9. The fraction of sp³-hybridized carbons (Fsp3) is 0.333. The first-order valence-corrected chi connectivity index (χ1v) is 9.24. The first-order chi connectivity index (χ1) is 11.9. The van der Waals surface area contributed by atoms with Crippen molar-refractivity contribution in [3.63, 3.8) is 0 Å². The molecule has 0 aromatic heterocycles. The Kier molecular flexibility index (Phi) is 5.13. The quantitative estimate of drug-likeness (QED) is 0.484. The van der Waals surface area contributed by atoms with Crippen molar-refractivity contribution in [1.82, 2.24) is 0 Å². The maximum atomic E-state index is 2.46. The highest BCUT2D eigenvalue weighted by molar-refractivity contribution is 5.86. The predicted molar refractivity (Wildman–Crippen MR) is 111 cm³/mol. The molecule has 0 saturated carbocycles. The number of anilines is 2. The molecule has 1 heteroatoms. The van der Waals surface area contributed by atoms with Gasteiger partial charge in [0, 0.05) is 17.9 Å². The molecule has 130 valence electrons. The Morgan fingerprint density at radius 3 is 2.08 bits per heavy atom. The van der Waals surface area contributed by atoms with Crippen LogP contribution in [0.5, 0.6) is 0 Å². The number of benzene rings is 3. The second-order valence-corrected chi connectivity index (χ2v) is 8.35. The molecule has 0 aliphatic carbocycles. The van der Waals surface area contributed by atoms with Gasteiger partial charge in [0.2, 0.25) is 0 Å². The van der Waals surface area contributed by atoms with E-state index in [0.717, 1.165) is 6.54 Å². The van der Waals surface area contributed by atoms with E-state index in [1.165, 1.54) is 28.6 Å². The zero-order valence-corrected chi connectivity index (χ0v) is 15.9. The van der Waals surface area contributed by atoms with Crippen LogP contribution in [0, 0.1) is 11.3 Å². The van der Waals surface area contributed by atoms with Crippen molar-refractivity contribution in [2.24, 2.45) is 11.3 Å². The average Bonchev–Trinajstić information content (AvgIpc) is 2.58. The van der Waals surface area contributed by atoms with Gasteiger partial charge in [-0.25, -0.2) is 0 Å². The highest BCUT2D eigenvalue weighted by Gasteiger charge is 2.19. The van der Waals surface area contributed by atoms with E-state index in [0.29, 0.717) is 11.3 Å². The second kappa shape index (κ2) is 7.31. The lowest BCUT2D eigenvalue weighted by atomic mass is 9.85. The van der Waals surface area contributed by atoms with Gasteiger partial charge in [-0.1, -0.05) is 76.2 Å². The van der Waals surface area contributed by atoms with E-state index in [1.54, 1.807) is 0 Å². The molecule has 3 aromatic rings. The molecule has 0 bridgehead atoms. The van der Waals surface area contributed by atoms with Crippen LogP contribution >= 0.6 is 0 Å². The van der Waals surface area contributed by atoms with E-state index in [9.17, 15) is 0 Å². The Morgan fingerprint density at radius 1 is 0.760 bits per heavy atom. The highest BCUT2D eigenvalue weighted by Crippen LogP contribution is 2.32. The van der Waals surface area contributed by atoms with Gasteiger partial charge in [0.25, 0.3) is 0 Å². The maximum Gasteiger partial charge on any atom is 0.0417 e. The number of rotatable bonds is 5. The molecule has 0 amide bonds. The van der Waals surface area contributed by atoms with Gasteiger partial charge >= 0.3 is 0 Å². The van der Waals surface area contributed by atoms with Crippen molar-refractivity contribution in [2.45, 2.75) is 34.1 Å². The van der Waals surface area contributed by atoms with E-state index in [2.05, 4.69) is 105 Å². The zero-order chi connectivity index (χ0) is 17.9. The van der Waals surface area contributed by atoms with E-state index < -0.39 is 0 Å². The van der Waals surface area contributed by atoms with Crippen molar-refractivity contribution >= 4 is 22.1 Å². The molecule has 0 N–H and O–H groups in total. The monoisotopic (exact) mass is 331 g/mol. The molecule has 0 aliphatic rings. The van der Waals surface area contributed by atoms with Crippen LogP contribution in [0.25, 0.3) is 10.8 Å². The molecule has 1 nitrogen and oxygen atoms in total. The Morgan fingerprint density at radius 2 is 1.40 bits per heavy atom. The molecule has 0 heterocycles. The van der Waals surface area contributed by atoms with Crippen LogP contribution in [0.15, 0.2) is 72.8 Å². The summed E-state index contributed by atoms with van der Waals surface area (Å²) in [4.78, 5) is 2.46. The minimum absolute atomic E-state index is 0.352. The molecule has 3 aromatic carbocycles. The van der Waals surface area contributed by atoms with Crippen molar-refractivity contribution in [1.29, 1.82) is 0 Å². The van der Waals surface area contributed by atoms with Crippen molar-refractivity contribution in [3.05, 3.63) is 72.8 Å². The van der Waals surface area contributed by atoms with Gasteiger partial charge in [-0.3, -0.25) is 0 Å². The molecule has 0 fully saturated rings. The Labute approximate surface area is 152 Å². The summed E-state index contributed by atoms with van der Waals surface area (Å²) in [5.74, 6) is 0.617. The van der Waals surface area contributed by atoms with E-state index in [-0.39, 0.29) is 0 Å². The van der Waals surface area contributed by atoms with Crippen molar-refractivity contribution in [2.75, 3.05) is 11.4 Å². The van der Waals surface area contributed by atoms with Crippen LogP contribution in [0.2, 0.25) is 0 Å². The number of fused-ring (bicyclic) bond motifs is 1. The van der Waals surface area contributed by atoms with Crippen LogP contribution in [0.3, 0.4) is 0 Å². The molecule has 3 rings (SSSR count). The van der Waals surface area contributed by atoms with Gasteiger partial charge in [0.1, 0.15) is 0 Å². The van der Waals surface area contributed by atoms with Gasteiger partial charge in [-0.2, -0.15) is 0 Å². The molecule has 0 radical (unpaired) electrons. The van der Waals surface area contributed by atoms with Crippen LogP contribution < -0.4 is 4.90 Å². The first kappa shape index (κ1) is 17.5. The molecule has 0 aliphatic heterocycles. The Bertz CT molecular complexity index is 814. The summed E-state index contributed by atoms with van der Waals surface area (Å²) in [6.07, 6.45) is 1.21. The number of para-hydroxylation sites is 1. The molecule has 0 saturated heterocycles. The van der Waals surface area contributed by atoms with E-state index in [1.807, 2.05) is 0 Å². The lowest BCUT2D eigenvalue weighted by Gasteiger charge is -2.31. The van der Waals surface area contributed by atoms with Gasteiger partial charge in [0.05, 0.1) is 0 Å². The number of hydrogen-bond acceptors (Lipinski definition) is 1. The number of hydrogen-bond donors (Lipinski definition) is 0. The lowest BCUT2D eigenvalue weighted by Crippen LogP contribution is -2.26. The van der Waals surface area contributed by atoms with E-state index in [4.69, 9.17) is 0 Å². The topological polar surface area (TPSA) is 3.24 Å². The van der Waals surface area contributed by atoms with E-state index >= 15 is 0 Å². The molecule has 1 unspecified atom stereocenters. The summed E-state index contributed by atoms with van der Waals surface area (Å²) in [6, 6.07) is 26.1. The minimum atomic E-state index is 0.352. The maximum absolute atomic E-state index is 2.46. The molecule has 25 heavy (non-hydrogen) atoms. The highest BCUT2D eigenvalue weighted by atomic mass is 15.1. The average molecular weight is 332 g/mol. The molecule has 1 atom stereocenters. The lowest BCUT2D eigenvalue weighted by molar-refractivity contribution is 0.311. The standard InChI is InChI=1S/C24H29N/c1-19(17-24(2,3)4)18-25(22-12-6-5-7-13-22)23-15-14-20-10-8-9-11-21(20)16-23/h5-16,19H,17-18H2,1-4H3. The largest absolute Gasteiger partial charge is 0.341 e. The van der Waals surface area contributed by atoms with Crippen LogP contribution in [-0.4, -0.2) is 6.54 Å². The van der Waals surface area contributed by atoms with Crippen LogP contribution in [0.1, 0.15) is 34.1 Å². The molecule has 0 spiro atoms. The van der Waals surface area contributed by atoms with Crippen molar-refractivity contribution < 1.29 is 0 Å². The fourth-order valence-electron chi connectivity index (χ4n) is 3.73. The predicted octanol–water partition coefficient (Wildman–Crippen LogP) is 7.05. The summed E-state index contributed by atoms with van der Waals surface area (Å²) >= 11 is 0. The van der Waals surface area contributed by atoms with Crippen LogP contribution in [-0.2, 0) is 0 Å². The summed E-state index contributed by atoms with van der Waals surface area (Å²) < 4.78 is 0.